The number of aromatic nitrogens is 2. The molecule has 0 atom stereocenters. The van der Waals surface area contributed by atoms with Gasteiger partial charge in [-0.1, -0.05) is 12.1 Å². The van der Waals surface area contributed by atoms with Crippen molar-refractivity contribution in [3.8, 4) is 28.9 Å². The molecule has 10 nitrogen and oxygen atoms in total. The van der Waals surface area contributed by atoms with Crippen LogP contribution in [0.3, 0.4) is 0 Å². The molecule has 1 heterocycles. The lowest BCUT2D eigenvalue weighted by molar-refractivity contribution is -0.385. The monoisotopic (exact) mass is 398 g/mol. The van der Waals surface area contributed by atoms with E-state index in [1.165, 1.54) is 21.3 Å². The maximum Gasteiger partial charge on any atom is 0.373 e. The standard InChI is InChI=1S/C19H18N4O6/c1-26-12-8-9-14(27-2)13(10-12)22-18-17(23(24)25)19(21-11-20-18)29-16-7-5-4-6-15(16)28-3/h4-11H,1-3H3,(H,20,21,22). The van der Waals surface area contributed by atoms with Crippen LogP contribution in [0.2, 0.25) is 0 Å². The number of nitro groups is 1. The first-order valence-corrected chi connectivity index (χ1v) is 8.36. The number of nitrogens with zero attached hydrogens (tertiary/aromatic N) is 3. The molecule has 29 heavy (non-hydrogen) atoms. The fraction of sp³-hybridized carbons (Fsp3) is 0.158. The van der Waals surface area contributed by atoms with Crippen molar-refractivity contribution in [2.75, 3.05) is 26.6 Å². The van der Waals surface area contributed by atoms with Gasteiger partial charge in [-0.05, 0) is 24.3 Å². The fourth-order valence-electron chi connectivity index (χ4n) is 2.54. The quantitative estimate of drug-likeness (QED) is 0.444. The van der Waals surface area contributed by atoms with Gasteiger partial charge in [-0.2, -0.15) is 4.98 Å². The van der Waals surface area contributed by atoms with Gasteiger partial charge >= 0.3 is 11.6 Å². The Labute approximate surface area is 166 Å². The van der Waals surface area contributed by atoms with Gasteiger partial charge in [0.1, 0.15) is 17.8 Å². The van der Waals surface area contributed by atoms with Crippen LogP contribution in [0.1, 0.15) is 0 Å². The highest BCUT2D eigenvalue weighted by atomic mass is 16.6. The smallest absolute Gasteiger partial charge is 0.373 e. The first-order chi connectivity index (χ1) is 14.1. The molecule has 10 heteroatoms. The van der Waals surface area contributed by atoms with Gasteiger partial charge in [0.05, 0.1) is 31.9 Å². The van der Waals surface area contributed by atoms with E-state index >= 15 is 0 Å². The third-order valence-electron chi connectivity index (χ3n) is 3.91. The zero-order valence-electron chi connectivity index (χ0n) is 15.9. The van der Waals surface area contributed by atoms with Crippen LogP contribution < -0.4 is 24.3 Å². The van der Waals surface area contributed by atoms with Crippen molar-refractivity contribution in [2.24, 2.45) is 0 Å². The molecule has 0 saturated heterocycles. The van der Waals surface area contributed by atoms with Gasteiger partial charge in [-0.15, -0.1) is 0 Å². The number of hydrogen-bond acceptors (Lipinski definition) is 9. The van der Waals surface area contributed by atoms with Gasteiger partial charge in [0.15, 0.2) is 11.5 Å². The predicted octanol–water partition coefficient (Wildman–Crippen LogP) is 3.95. The molecular weight excluding hydrogens is 380 g/mol. The van der Waals surface area contributed by atoms with Gasteiger partial charge in [0, 0.05) is 6.07 Å². The molecule has 2 aromatic carbocycles. The minimum absolute atomic E-state index is 0.0681. The Hall–Kier alpha value is -4.08. The number of anilines is 2. The Bertz CT molecular complexity index is 1030. The zero-order chi connectivity index (χ0) is 20.8. The molecule has 1 aromatic heterocycles. The average Bonchev–Trinajstić information content (AvgIpc) is 2.74. The summed E-state index contributed by atoms with van der Waals surface area (Å²) < 4.78 is 21.4. The lowest BCUT2D eigenvalue weighted by Crippen LogP contribution is -2.05. The van der Waals surface area contributed by atoms with Crippen molar-refractivity contribution >= 4 is 17.2 Å². The van der Waals surface area contributed by atoms with Crippen LogP contribution in [-0.2, 0) is 0 Å². The molecule has 0 aliphatic rings. The van der Waals surface area contributed by atoms with Gasteiger partial charge in [0.2, 0.25) is 5.82 Å². The number of benzene rings is 2. The second kappa shape index (κ2) is 8.74. The summed E-state index contributed by atoms with van der Waals surface area (Å²) in [7, 11) is 4.47. The summed E-state index contributed by atoms with van der Waals surface area (Å²) in [4.78, 5) is 19.1. The fourth-order valence-corrected chi connectivity index (χ4v) is 2.54. The van der Waals surface area contributed by atoms with Crippen molar-refractivity contribution in [1.82, 2.24) is 9.97 Å². The highest BCUT2D eigenvalue weighted by molar-refractivity contribution is 5.73. The van der Waals surface area contributed by atoms with E-state index in [2.05, 4.69) is 15.3 Å². The Kier molecular flexibility index (Phi) is 5.93. The van der Waals surface area contributed by atoms with Crippen molar-refractivity contribution in [3.05, 3.63) is 58.9 Å². The van der Waals surface area contributed by atoms with Crippen LogP contribution in [0.25, 0.3) is 0 Å². The highest BCUT2D eigenvalue weighted by Crippen LogP contribution is 2.40. The molecule has 0 amide bonds. The Morgan fingerprint density at radius 3 is 2.31 bits per heavy atom. The molecule has 0 saturated carbocycles. The second-order valence-electron chi connectivity index (χ2n) is 5.58. The van der Waals surface area contributed by atoms with E-state index in [1.54, 1.807) is 42.5 Å². The maximum absolute atomic E-state index is 11.8. The van der Waals surface area contributed by atoms with E-state index in [9.17, 15) is 10.1 Å². The molecule has 0 spiro atoms. The third kappa shape index (κ3) is 4.26. The van der Waals surface area contributed by atoms with Crippen molar-refractivity contribution < 1.29 is 23.9 Å². The highest BCUT2D eigenvalue weighted by Gasteiger charge is 2.26. The van der Waals surface area contributed by atoms with Gasteiger partial charge in [-0.25, -0.2) is 4.98 Å². The summed E-state index contributed by atoms with van der Waals surface area (Å²) in [5.74, 6) is 1.37. The number of rotatable bonds is 8. The Morgan fingerprint density at radius 1 is 0.931 bits per heavy atom. The minimum Gasteiger partial charge on any atom is -0.497 e. The van der Waals surface area contributed by atoms with E-state index < -0.39 is 10.6 Å². The van der Waals surface area contributed by atoms with Crippen LogP contribution >= 0.6 is 0 Å². The molecule has 0 unspecified atom stereocenters. The Morgan fingerprint density at radius 2 is 1.66 bits per heavy atom. The summed E-state index contributed by atoms with van der Waals surface area (Å²) in [5, 5.41) is 14.7. The summed E-state index contributed by atoms with van der Waals surface area (Å²) in [6, 6.07) is 11.7. The molecule has 3 aromatic rings. The van der Waals surface area contributed by atoms with Crippen molar-refractivity contribution in [2.45, 2.75) is 0 Å². The van der Waals surface area contributed by atoms with Gasteiger partial charge < -0.3 is 24.3 Å². The third-order valence-corrected chi connectivity index (χ3v) is 3.91. The topological polar surface area (TPSA) is 118 Å². The maximum atomic E-state index is 11.8. The molecule has 0 aliphatic carbocycles. The van der Waals surface area contributed by atoms with Crippen molar-refractivity contribution in [1.29, 1.82) is 0 Å². The molecule has 0 aliphatic heterocycles. The van der Waals surface area contributed by atoms with Crippen molar-refractivity contribution in [3.63, 3.8) is 0 Å². The van der Waals surface area contributed by atoms with Crippen LogP contribution in [0, 0.1) is 10.1 Å². The number of methoxy groups -OCH3 is 3. The van der Waals surface area contributed by atoms with Crippen LogP contribution in [0.5, 0.6) is 28.9 Å². The molecule has 1 N–H and O–H groups in total. The van der Waals surface area contributed by atoms with E-state index in [-0.39, 0.29) is 17.4 Å². The summed E-state index contributed by atoms with van der Waals surface area (Å²) in [5.41, 5.74) is -0.0137. The normalized spacial score (nSPS) is 10.2. The first-order valence-electron chi connectivity index (χ1n) is 8.36. The molecule has 3 rings (SSSR count). The molecule has 150 valence electrons. The van der Waals surface area contributed by atoms with Crippen LogP contribution in [-0.4, -0.2) is 36.2 Å². The second-order valence-corrected chi connectivity index (χ2v) is 5.58. The molecule has 0 fully saturated rings. The van der Waals surface area contributed by atoms with E-state index in [0.29, 0.717) is 22.9 Å². The van der Waals surface area contributed by atoms with E-state index in [1.807, 2.05) is 0 Å². The van der Waals surface area contributed by atoms with E-state index in [4.69, 9.17) is 18.9 Å². The minimum atomic E-state index is -0.625. The largest absolute Gasteiger partial charge is 0.497 e. The van der Waals surface area contributed by atoms with Gasteiger partial charge in [-0.3, -0.25) is 10.1 Å². The molecule has 0 radical (unpaired) electrons. The predicted molar refractivity (Wildman–Crippen MR) is 105 cm³/mol. The first kappa shape index (κ1) is 19.7. The van der Waals surface area contributed by atoms with Crippen LogP contribution in [0.4, 0.5) is 17.2 Å². The Balaban J connectivity index is 2.03. The molecular formula is C19H18N4O6. The molecule has 0 bridgehead atoms. The number of ether oxygens (including phenoxy) is 4. The van der Waals surface area contributed by atoms with E-state index in [0.717, 1.165) is 6.33 Å². The lowest BCUT2D eigenvalue weighted by atomic mass is 10.2. The van der Waals surface area contributed by atoms with Crippen LogP contribution in [0.15, 0.2) is 48.8 Å². The average molecular weight is 398 g/mol. The summed E-state index contributed by atoms with van der Waals surface area (Å²) in [6.07, 6.45) is 1.16. The summed E-state index contributed by atoms with van der Waals surface area (Å²) in [6.45, 7) is 0. The lowest BCUT2D eigenvalue weighted by Gasteiger charge is -2.13. The SMILES string of the molecule is COc1ccc(OC)c(Nc2ncnc(Oc3ccccc3OC)c2[N+](=O)[O-])c1. The number of nitrogens with one attached hydrogen (secondary N) is 1. The number of hydrogen-bond donors (Lipinski definition) is 1. The zero-order valence-corrected chi connectivity index (χ0v) is 15.9. The van der Waals surface area contributed by atoms with Gasteiger partial charge in [0.25, 0.3) is 0 Å². The number of para-hydroxylation sites is 2. The summed E-state index contributed by atoms with van der Waals surface area (Å²) >= 11 is 0.